The molecule has 190 valence electrons. The predicted molar refractivity (Wildman–Crippen MR) is 140 cm³/mol. The molecule has 1 aliphatic carbocycles. The van der Waals surface area contributed by atoms with Crippen LogP contribution < -0.4 is 0 Å². The van der Waals surface area contributed by atoms with Crippen LogP contribution >= 0.6 is 0 Å². The first kappa shape index (κ1) is 29.8. The summed E-state index contributed by atoms with van der Waals surface area (Å²) >= 11 is 0. The van der Waals surface area contributed by atoms with Crippen LogP contribution in [0.1, 0.15) is 127 Å². The van der Waals surface area contributed by atoms with Crippen LogP contribution in [0.3, 0.4) is 0 Å². The summed E-state index contributed by atoms with van der Waals surface area (Å²) < 4.78 is 0. The van der Waals surface area contributed by atoms with Crippen molar-refractivity contribution in [2.75, 3.05) is 0 Å². The normalized spacial score (nSPS) is 19.8. The molecule has 3 nitrogen and oxygen atoms in total. The molecular weight excluding hydrogens is 408 g/mol. The van der Waals surface area contributed by atoms with Gasteiger partial charge in [-0.25, -0.2) is 0 Å². The van der Waals surface area contributed by atoms with Crippen LogP contribution in [0.2, 0.25) is 0 Å². The molecule has 0 fully saturated rings. The second-order valence-electron chi connectivity index (χ2n) is 11.8. The Labute approximate surface area is 204 Å². The molecule has 4 unspecified atom stereocenters. The van der Waals surface area contributed by atoms with Gasteiger partial charge in [0, 0.05) is 22.3 Å². The van der Waals surface area contributed by atoms with Gasteiger partial charge < -0.3 is 5.11 Å². The number of hydrogen-bond donors (Lipinski definition) is 1. The van der Waals surface area contributed by atoms with Gasteiger partial charge in [0.25, 0.3) is 0 Å². The minimum Gasteiger partial charge on any atom is -0.390 e. The van der Waals surface area contributed by atoms with Gasteiger partial charge in [0.05, 0.1) is 5.60 Å². The number of ketones is 2. The van der Waals surface area contributed by atoms with E-state index in [9.17, 15) is 14.7 Å². The van der Waals surface area contributed by atoms with Crippen molar-refractivity contribution in [1.29, 1.82) is 0 Å². The van der Waals surface area contributed by atoms with E-state index in [1.54, 1.807) is 20.8 Å². The maximum Gasteiger partial charge on any atom is 0.185 e. The van der Waals surface area contributed by atoms with E-state index in [2.05, 4.69) is 27.7 Å². The predicted octanol–water partition coefficient (Wildman–Crippen LogP) is 8.01. The van der Waals surface area contributed by atoms with Crippen molar-refractivity contribution in [3.63, 3.8) is 0 Å². The minimum atomic E-state index is -0.842. The van der Waals surface area contributed by atoms with Crippen molar-refractivity contribution in [2.24, 2.45) is 23.7 Å². The molecule has 0 bridgehead atoms. The molecule has 1 aliphatic rings. The topological polar surface area (TPSA) is 54.4 Å². The zero-order valence-electron chi connectivity index (χ0n) is 23.1. The first-order valence-electron chi connectivity index (χ1n) is 13.5. The van der Waals surface area contributed by atoms with Crippen molar-refractivity contribution in [2.45, 2.75) is 132 Å². The summed E-state index contributed by atoms with van der Waals surface area (Å²) in [5.41, 5.74) is 1.41. The Morgan fingerprint density at radius 1 is 0.697 bits per heavy atom. The molecule has 0 spiro atoms. The second-order valence-corrected chi connectivity index (χ2v) is 11.8. The van der Waals surface area contributed by atoms with E-state index in [1.807, 2.05) is 13.8 Å². The third-order valence-corrected chi connectivity index (χ3v) is 8.14. The summed E-state index contributed by atoms with van der Waals surface area (Å²) in [6.45, 7) is 18.4. The van der Waals surface area contributed by atoms with Crippen molar-refractivity contribution in [3.05, 3.63) is 22.3 Å². The lowest BCUT2D eigenvalue weighted by Gasteiger charge is -2.32. The fraction of sp³-hybridized carbons (Fsp3) is 0.800. The summed E-state index contributed by atoms with van der Waals surface area (Å²) in [5, 5.41) is 11.1. The quantitative estimate of drug-likeness (QED) is 0.252. The average molecular weight is 461 g/mol. The van der Waals surface area contributed by atoms with E-state index in [4.69, 9.17) is 0 Å². The summed E-state index contributed by atoms with van der Waals surface area (Å²) in [6.07, 6.45) is 11.2. The first-order valence-corrected chi connectivity index (χ1v) is 13.5. The number of aliphatic hydroxyl groups is 1. The fourth-order valence-corrected chi connectivity index (χ4v) is 4.96. The Bertz CT molecular complexity index is 723. The van der Waals surface area contributed by atoms with Gasteiger partial charge in [-0.05, 0) is 64.2 Å². The highest BCUT2D eigenvalue weighted by Crippen LogP contribution is 2.34. The standard InChI is InChI=1S/C30H52O3/c1-20(2)13-10-14-21(3)15-11-16-22(4)17-12-18-30(9,33)23(5)19-27-26(8)28(31)24(6)25(7)29(27)32/h20-23,33H,10-19H2,1-9H3. The van der Waals surface area contributed by atoms with E-state index in [-0.39, 0.29) is 17.5 Å². The van der Waals surface area contributed by atoms with Gasteiger partial charge in [-0.3, -0.25) is 9.59 Å². The molecule has 0 radical (unpaired) electrons. The molecule has 0 heterocycles. The third-order valence-electron chi connectivity index (χ3n) is 8.14. The van der Waals surface area contributed by atoms with Gasteiger partial charge in [0.2, 0.25) is 0 Å². The summed E-state index contributed by atoms with van der Waals surface area (Å²) in [7, 11) is 0. The van der Waals surface area contributed by atoms with Gasteiger partial charge in [0.1, 0.15) is 0 Å². The SMILES string of the molecule is CC1=C(C)C(=O)C(CC(C)C(C)(O)CCCC(C)CCCC(C)CCCC(C)C)=C(C)C1=O. The Morgan fingerprint density at radius 3 is 1.67 bits per heavy atom. The van der Waals surface area contributed by atoms with Gasteiger partial charge in [-0.15, -0.1) is 0 Å². The maximum absolute atomic E-state index is 12.7. The molecule has 1 N–H and O–H groups in total. The lowest BCUT2D eigenvalue weighted by molar-refractivity contribution is -0.116. The average Bonchev–Trinajstić information content (AvgIpc) is 2.73. The lowest BCUT2D eigenvalue weighted by atomic mass is 9.76. The molecule has 4 atom stereocenters. The van der Waals surface area contributed by atoms with Crippen molar-refractivity contribution >= 4 is 11.6 Å². The first-order chi connectivity index (χ1) is 15.3. The van der Waals surface area contributed by atoms with Gasteiger partial charge in [-0.2, -0.15) is 0 Å². The van der Waals surface area contributed by atoms with E-state index >= 15 is 0 Å². The van der Waals surface area contributed by atoms with Crippen LogP contribution in [0.15, 0.2) is 22.3 Å². The van der Waals surface area contributed by atoms with Gasteiger partial charge in [-0.1, -0.05) is 86.0 Å². The number of allylic oxidation sites excluding steroid dienone is 4. The third kappa shape index (κ3) is 9.51. The van der Waals surface area contributed by atoms with E-state index in [0.717, 1.165) is 31.1 Å². The summed E-state index contributed by atoms with van der Waals surface area (Å²) in [6, 6.07) is 0. The highest BCUT2D eigenvalue weighted by atomic mass is 16.3. The van der Waals surface area contributed by atoms with E-state index in [0.29, 0.717) is 34.6 Å². The van der Waals surface area contributed by atoms with Crippen LogP contribution in [-0.2, 0) is 9.59 Å². The zero-order valence-corrected chi connectivity index (χ0v) is 23.1. The molecular formula is C30H52O3. The molecule has 0 amide bonds. The van der Waals surface area contributed by atoms with Crippen LogP contribution in [0.5, 0.6) is 0 Å². The molecule has 3 heteroatoms. The highest BCUT2D eigenvalue weighted by Gasteiger charge is 2.34. The Hall–Kier alpha value is -1.22. The zero-order chi connectivity index (χ0) is 25.3. The molecule has 0 aromatic rings. The highest BCUT2D eigenvalue weighted by molar-refractivity contribution is 6.24. The molecule has 1 rings (SSSR count). The van der Waals surface area contributed by atoms with Gasteiger partial charge in [0.15, 0.2) is 11.6 Å². The minimum absolute atomic E-state index is 0.0284. The smallest absolute Gasteiger partial charge is 0.185 e. The Kier molecular flexibility index (Phi) is 12.3. The van der Waals surface area contributed by atoms with Crippen LogP contribution in [0, 0.1) is 23.7 Å². The van der Waals surface area contributed by atoms with Crippen LogP contribution in [-0.4, -0.2) is 22.3 Å². The van der Waals surface area contributed by atoms with Crippen molar-refractivity contribution < 1.29 is 14.7 Å². The van der Waals surface area contributed by atoms with Crippen LogP contribution in [0.25, 0.3) is 0 Å². The van der Waals surface area contributed by atoms with Crippen molar-refractivity contribution in [3.8, 4) is 0 Å². The molecule has 0 saturated heterocycles. The fourth-order valence-electron chi connectivity index (χ4n) is 4.96. The number of carbonyl (C=O) groups excluding carboxylic acids is 2. The molecule has 33 heavy (non-hydrogen) atoms. The Morgan fingerprint density at radius 2 is 1.15 bits per heavy atom. The monoisotopic (exact) mass is 460 g/mol. The number of hydrogen-bond acceptors (Lipinski definition) is 3. The number of carbonyl (C=O) groups is 2. The second kappa shape index (κ2) is 13.6. The van der Waals surface area contributed by atoms with Gasteiger partial charge >= 0.3 is 0 Å². The molecule has 0 saturated carbocycles. The van der Waals surface area contributed by atoms with Crippen molar-refractivity contribution in [1.82, 2.24) is 0 Å². The number of rotatable bonds is 15. The molecule has 0 aliphatic heterocycles. The van der Waals surface area contributed by atoms with E-state index < -0.39 is 5.60 Å². The summed E-state index contributed by atoms with van der Waals surface area (Å²) in [4.78, 5) is 25.2. The molecule has 0 aromatic heterocycles. The Balaban J connectivity index is 2.42. The number of Topliss-reactive ketones (excluding diaryl/α,β-unsaturated/α-hetero) is 2. The largest absolute Gasteiger partial charge is 0.390 e. The van der Waals surface area contributed by atoms with Crippen LogP contribution in [0.4, 0.5) is 0 Å². The van der Waals surface area contributed by atoms with E-state index in [1.165, 1.54) is 38.5 Å². The summed E-state index contributed by atoms with van der Waals surface area (Å²) in [5.74, 6) is 2.18. The molecule has 0 aromatic carbocycles. The lowest BCUT2D eigenvalue weighted by Crippen LogP contribution is -2.34. The maximum atomic E-state index is 12.7.